The van der Waals surface area contributed by atoms with Crippen LogP contribution in [-0.4, -0.2) is 30.5 Å². The monoisotopic (exact) mass is 295 g/mol. The molecule has 1 heterocycles. The topological polar surface area (TPSA) is 78.0 Å². The van der Waals surface area contributed by atoms with Crippen LogP contribution in [0.5, 0.6) is 0 Å². The van der Waals surface area contributed by atoms with Crippen molar-refractivity contribution in [2.75, 3.05) is 12.3 Å². The average Bonchev–Trinajstić information content (AvgIpc) is 2.32. The standard InChI is InChI=1S/C8H14BrN3O2S/c1-6-8(9)7(12(2)11-6)5-15(13,14)4-3-10/h3-5,10H2,1-2H3. The molecule has 0 aliphatic carbocycles. The first-order valence-electron chi connectivity index (χ1n) is 4.46. The van der Waals surface area contributed by atoms with Crippen molar-refractivity contribution in [3.63, 3.8) is 0 Å². The minimum absolute atomic E-state index is 0.00364. The smallest absolute Gasteiger partial charge is 0.157 e. The van der Waals surface area contributed by atoms with Crippen LogP contribution >= 0.6 is 15.9 Å². The van der Waals surface area contributed by atoms with Gasteiger partial charge in [0, 0.05) is 13.6 Å². The third-order valence-electron chi connectivity index (χ3n) is 2.05. The highest BCUT2D eigenvalue weighted by Gasteiger charge is 2.18. The minimum atomic E-state index is -3.13. The molecule has 0 saturated heterocycles. The fourth-order valence-corrected chi connectivity index (χ4v) is 3.21. The van der Waals surface area contributed by atoms with Gasteiger partial charge >= 0.3 is 0 Å². The lowest BCUT2D eigenvalue weighted by molar-refractivity contribution is 0.591. The van der Waals surface area contributed by atoms with Crippen LogP contribution in [0.4, 0.5) is 0 Å². The zero-order valence-corrected chi connectivity index (χ0v) is 11.1. The Morgan fingerprint density at radius 2 is 2.13 bits per heavy atom. The second-order valence-electron chi connectivity index (χ2n) is 3.35. The lowest BCUT2D eigenvalue weighted by Gasteiger charge is -2.03. The summed E-state index contributed by atoms with van der Waals surface area (Å²) in [6.07, 6.45) is 0. The summed E-state index contributed by atoms with van der Waals surface area (Å²) >= 11 is 3.33. The normalized spacial score (nSPS) is 12.0. The Morgan fingerprint density at radius 1 is 1.53 bits per heavy atom. The molecule has 0 bridgehead atoms. The van der Waals surface area contributed by atoms with Crippen molar-refractivity contribution < 1.29 is 8.42 Å². The number of hydrogen-bond acceptors (Lipinski definition) is 4. The second kappa shape index (κ2) is 4.63. The van der Waals surface area contributed by atoms with E-state index >= 15 is 0 Å². The quantitative estimate of drug-likeness (QED) is 0.870. The van der Waals surface area contributed by atoms with Crippen molar-refractivity contribution in [3.05, 3.63) is 15.9 Å². The molecule has 0 saturated carbocycles. The third kappa shape index (κ3) is 3.02. The molecule has 0 atom stereocenters. The maximum absolute atomic E-state index is 11.6. The van der Waals surface area contributed by atoms with E-state index in [4.69, 9.17) is 5.73 Å². The van der Waals surface area contributed by atoms with E-state index in [1.165, 1.54) is 0 Å². The number of halogens is 1. The molecule has 0 aromatic carbocycles. The van der Waals surface area contributed by atoms with Crippen molar-refractivity contribution in [2.45, 2.75) is 12.7 Å². The van der Waals surface area contributed by atoms with Crippen LogP contribution in [0, 0.1) is 6.92 Å². The van der Waals surface area contributed by atoms with Crippen LogP contribution in [-0.2, 0) is 22.6 Å². The zero-order valence-electron chi connectivity index (χ0n) is 8.70. The minimum Gasteiger partial charge on any atom is -0.329 e. The molecule has 1 rings (SSSR count). The Morgan fingerprint density at radius 3 is 2.53 bits per heavy atom. The number of hydrogen-bond donors (Lipinski definition) is 1. The summed E-state index contributed by atoms with van der Waals surface area (Å²) in [4.78, 5) is 0. The van der Waals surface area contributed by atoms with Gasteiger partial charge in [0.05, 0.1) is 27.4 Å². The average molecular weight is 296 g/mol. The molecule has 0 spiro atoms. The highest BCUT2D eigenvalue weighted by molar-refractivity contribution is 9.10. The van der Waals surface area contributed by atoms with Crippen LogP contribution in [0.1, 0.15) is 11.4 Å². The number of sulfone groups is 1. The fourth-order valence-electron chi connectivity index (χ4n) is 1.30. The van der Waals surface area contributed by atoms with Crippen LogP contribution in [0.25, 0.3) is 0 Å². The zero-order chi connectivity index (χ0) is 11.6. The molecule has 1 aromatic rings. The molecular weight excluding hydrogens is 282 g/mol. The van der Waals surface area contributed by atoms with Gasteiger partial charge < -0.3 is 5.73 Å². The van der Waals surface area contributed by atoms with Crippen molar-refractivity contribution in [1.29, 1.82) is 0 Å². The van der Waals surface area contributed by atoms with Gasteiger partial charge in [-0.15, -0.1) is 0 Å². The summed E-state index contributed by atoms with van der Waals surface area (Å²) in [6.45, 7) is 1.97. The van der Waals surface area contributed by atoms with E-state index in [0.717, 1.165) is 10.2 Å². The molecule has 1 aromatic heterocycles. The van der Waals surface area contributed by atoms with E-state index in [0.29, 0.717) is 5.69 Å². The summed E-state index contributed by atoms with van der Waals surface area (Å²) in [5.41, 5.74) is 6.69. The van der Waals surface area contributed by atoms with Crippen LogP contribution in [0.15, 0.2) is 4.47 Å². The lowest BCUT2D eigenvalue weighted by atomic mass is 10.4. The predicted octanol–water partition coefficient (Wildman–Crippen LogP) is 0.365. The highest BCUT2D eigenvalue weighted by atomic mass is 79.9. The molecule has 0 aliphatic heterocycles. The number of nitrogens with zero attached hydrogens (tertiary/aromatic N) is 2. The predicted molar refractivity (Wildman–Crippen MR) is 62.2 cm³/mol. The van der Waals surface area contributed by atoms with Gasteiger partial charge in [-0.1, -0.05) is 0 Å². The summed E-state index contributed by atoms with van der Waals surface area (Å²) in [5, 5.41) is 4.13. The van der Waals surface area contributed by atoms with Crippen molar-refractivity contribution in [3.8, 4) is 0 Å². The Hall–Kier alpha value is -0.400. The SMILES string of the molecule is Cc1nn(C)c(CS(=O)(=O)CCN)c1Br. The van der Waals surface area contributed by atoms with Crippen molar-refractivity contribution >= 4 is 25.8 Å². The first kappa shape index (κ1) is 12.7. The van der Waals surface area contributed by atoms with Crippen molar-refractivity contribution in [2.24, 2.45) is 12.8 Å². The van der Waals surface area contributed by atoms with Crippen LogP contribution in [0.2, 0.25) is 0 Å². The number of rotatable bonds is 4. The number of aromatic nitrogens is 2. The van der Waals surface area contributed by atoms with Gasteiger partial charge in [0.25, 0.3) is 0 Å². The Balaban J connectivity index is 2.99. The van der Waals surface area contributed by atoms with E-state index in [9.17, 15) is 8.42 Å². The van der Waals surface area contributed by atoms with E-state index in [1.54, 1.807) is 11.7 Å². The summed E-state index contributed by atoms with van der Waals surface area (Å²) in [7, 11) is -1.40. The first-order chi connectivity index (χ1) is 6.87. The molecule has 5 nitrogen and oxygen atoms in total. The summed E-state index contributed by atoms with van der Waals surface area (Å²) in [5.74, 6) is -0.0220. The molecule has 0 unspecified atom stereocenters. The van der Waals surface area contributed by atoms with Crippen LogP contribution < -0.4 is 5.73 Å². The summed E-state index contributed by atoms with van der Waals surface area (Å²) in [6, 6.07) is 0. The maximum atomic E-state index is 11.6. The maximum Gasteiger partial charge on any atom is 0.157 e. The molecule has 0 radical (unpaired) electrons. The van der Waals surface area contributed by atoms with E-state index < -0.39 is 9.84 Å². The van der Waals surface area contributed by atoms with Gasteiger partial charge in [-0.3, -0.25) is 4.68 Å². The number of nitrogens with two attached hydrogens (primary N) is 1. The van der Waals surface area contributed by atoms with Gasteiger partial charge in [0.1, 0.15) is 0 Å². The van der Waals surface area contributed by atoms with Gasteiger partial charge in [-0.25, -0.2) is 8.42 Å². The lowest BCUT2D eigenvalue weighted by Crippen LogP contribution is -2.18. The van der Waals surface area contributed by atoms with Gasteiger partial charge in [0.2, 0.25) is 0 Å². The van der Waals surface area contributed by atoms with Crippen molar-refractivity contribution in [1.82, 2.24) is 9.78 Å². The van der Waals surface area contributed by atoms with Crippen LogP contribution in [0.3, 0.4) is 0 Å². The Labute approximate surface area is 97.7 Å². The molecule has 0 aliphatic rings. The molecule has 2 N–H and O–H groups in total. The molecule has 0 fully saturated rings. The van der Waals surface area contributed by atoms with E-state index in [1.807, 2.05) is 6.92 Å². The Kier molecular flexibility index (Phi) is 3.91. The van der Waals surface area contributed by atoms with Gasteiger partial charge in [-0.05, 0) is 22.9 Å². The largest absolute Gasteiger partial charge is 0.329 e. The van der Waals surface area contributed by atoms with E-state index in [-0.39, 0.29) is 18.1 Å². The molecule has 0 amide bonds. The molecule has 7 heteroatoms. The molecule has 86 valence electrons. The van der Waals surface area contributed by atoms with E-state index in [2.05, 4.69) is 21.0 Å². The molecule has 15 heavy (non-hydrogen) atoms. The second-order valence-corrected chi connectivity index (χ2v) is 6.33. The third-order valence-corrected chi connectivity index (χ3v) is 4.65. The number of aryl methyl sites for hydroxylation is 2. The fraction of sp³-hybridized carbons (Fsp3) is 0.625. The highest BCUT2D eigenvalue weighted by Crippen LogP contribution is 2.22. The summed E-state index contributed by atoms with van der Waals surface area (Å²) < 4.78 is 25.5. The first-order valence-corrected chi connectivity index (χ1v) is 7.07. The van der Waals surface area contributed by atoms with Gasteiger partial charge in [-0.2, -0.15) is 5.10 Å². The Bertz CT molecular complexity index is 453. The molecular formula is C8H14BrN3O2S. The van der Waals surface area contributed by atoms with Gasteiger partial charge in [0.15, 0.2) is 9.84 Å².